The van der Waals surface area contributed by atoms with Crippen molar-refractivity contribution in [2.24, 2.45) is 5.73 Å². The number of allylic oxidation sites excluding steroid dienone is 2. The maximum absolute atomic E-state index is 6.96. The van der Waals surface area contributed by atoms with Crippen molar-refractivity contribution in [1.29, 1.82) is 0 Å². The van der Waals surface area contributed by atoms with E-state index in [0.717, 1.165) is 30.8 Å². The van der Waals surface area contributed by atoms with E-state index in [1.54, 1.807) is 11.1 Å². The van der Waals surface area contributed by atoms with Crippen LogP contribution in [0, 0.1) is 0 Å². The summed E-state index contributed by atoms with van der Waals surface area (Å²) in [5.41, 5.74) is 28.0. The molecule has 0 radical (unpaired) electrons. The Balaban J connectivity index is 1.05. The first kappa shape index (κ1) is 28.8. The van der Waals surface area contributed by atoms with Crippen LogP contribution in [-0.4, -0.2) is 30.6 Å². The van der Waals surface area contributed by atoms with Gasteiger partial charge < -0.3 is 16.1 Å². The van der Waals surface area contributed by atoms with Gasteiger partial charge in [-0.05, 0) is 110 Å². The Labute approximate surface area is 288 Å². The maximum atomic E-state index is 6.96. The summed E-state index contributed by atoms with van der Waals surface area (Å²) >= 11 is 0. The number of benzene rings is 5. The fourth-order valence-electron chi connectivity index (χ4n) is 9.08. The minimum absolute atomic E-state index is 0.237. The molecule has 5 heteroatoms. The Morgan fingerprint density at radius 1 is 0.796 bits per heavy atom. The van der Waals surface area contributed by atoms with Gasteiger partial charge in [-0.1, -0.05) is 103 Å². The number of rotatable bonds is 7. The van der Waals surface area contributed by atoms with Crippen molar-refractivity contribution in [2.45, 2.75) is 30.6 Å². The van der Waals surface area contributed by atoms with Crippen molar-refractivity contribution in [3.63, 3.8) is 0 Å². The fourth-order valence-corrected chi connectivity index (χ4v) is 9.08. The molecule has 240 valence electrons. The predicted octanol–water partition coefficient (Wildman–Crippen LogP) is 7.60. The van der Waals surface area contributed by atoms with E-state index in [4.69, 9.17) is 5.73 Å². The van der Waals surface area contributed by atoms with Crippen molar-refractivity contribution >= 4 is 5.69 Å². The fraction of sp³-hybridized carbons (Fsp3) is 0.182. The molecule has 2 aliphatic carbocycles. The molecule has 10 rings (SSSR count). The Bertz CT molecular complexity index is 2200. The van der Waals surface area contributed by atoms with Gasteiger partial charge in [-0.25, -0.2) is 5.43 Å². The van der Waals surface area contributed by atoms with Crippen LogP contribution in [0.2, 0.25) is 0 Å². The first-order valence-corrected chi connectivity index (χ1v) is 17.5. The van der Waals surface area contributed by atoms with Gasteiger partial charge in [0.05, 0.1) is 23.8 Å². The average molecular weight is 638 g/mol. The minimum Gasteiger partial charge on any atom is -0.387 e. The standard InChI is InChI=1S/C44H39N5/c45-43(47-49(34-14-5-2-6-15-34)26-29-10-3-1-4-11-29)33-13-9-12-30(22-33)31-18-19-36-35-16-7-8-17-38(35)44(39(36)24-31)40-25-46-21-20-32(40)23-37-41(44)27-48-28-42(37)48/h1-22,24,42-43,46-47H,23,25-28,45H2. The van der Waals surface area contributed by atoms with Gasteiger partial charge in [0, 0.05) is 25.7 Å². The highest BCUT2D eigenvalue weighted by Crippen LogP contribution is 2.63. The van der Waals surface area contributed by atoms with E-state index < -0.39 is 6.17 Å². The third-order valence-corrected chi connectivity index (χ3v) is 11.4. The third-order valence-electron chi connectivity index (χ3n) is 11.4. The molecule has 4 N–H and O–H groups in total. The van der Waals surface area contributed by atoms with Crippen molar-refractivity contribution < 1.29 is 0 Å². The number of dihydropyridines is 1. The summed E-state index contributed by atoms with van der Waals surface area (Å²) < 4.78 is 0. The van der Waals surface area contributed by atoms with Gasteiger partial charge in [0.1, 0.15) is 0 Å². The summed E-state index contributed by atoms with van der Waals surface area (Å²) in [6.45, 7) is 3.85. The molecule has 4 unspecified atom stereocenters. The van der Waals surface area contributed by atoms with E-state index in [-0.39, 0.29) is 5.41 Å². The number of hydrogen-bond donors (Lipinski definition) is 3. The molecular formula is C44H39N5. The van der Waals surface area contributed by atoms with Gasteiger partial charge in [0.2, 0.25) is 0 Å². The summed E-state index contributed by atoms with van der Waals surface area (Å²) in [4.78, 5) is 2.65. The Hall–Kier alpha value is -5.20. The molecule has 5 aromatic carbocycles. The SMILES string of the molecule is NC(NN(Cc1ccccc1)c1ccccc1)c1cccc(-c2ccc3c(c2)C2(C4=C(C=CNC4)CC4=C2CN2CC42)c2ccccc2-3)c1. The number of nitrogens with one attached hydrogen (secondary N) is 2. The predicted molar refractivity (Wildman–Crippen MR) is 198 cm³/mol. The molecule has 0 bridgehead atoms. The summed E-state index contributed by atoms with van der Waals surface area (Å²) in [5.74, 6) is 0. The number of para-hydroxylation sites is 1. The van der Waals surface area contributed by atoms with Gasteiger partial charge in [-0.3, -0.25) is 4.90 Å². The molecule has 0 amide bonds. The molecule has 5 nitrogen and oxygen atoms in total. The van der Waals surface area contributed by atoms with E-state index in [9.17, 15) is 0 Å². The van der Waals surface area contributed by atoms with Crippen molar-refractivity contribution in [3.8, 4) is 22.3 Å². The number of nitrogens with two attached hydrogens (primary N) is 1. The molecule has 49 heavy (non-hydrogen) atoms. The number of hydrazine groups is 1. The van der Waals surface area contributed by atoms with Crippen LogP contribution in [0.25, 0.3) is 22.3 Å². The van der Waals surface area contributed by atoms with Gasteiger partial charge in [-0.2, -0.15) is 0 Å². The van der Waals surface area contributed by atoms with Crippen LogP contribution >= 0.6 is 0 Å². The van der Waals surface area contributed by atoms with Crippen molar-refractivity contribution in [2.75, 3.05) is 24.6 Å². The largest absolute Gasteiger partial charge is 0.387 e. The van der Waals surface area contributed by atoms with Crippen molar-refractivity contribution in [3.05, 3.63) is 184 Å². The molecule has 5 aliphatic rings. The van der Waals surface area contributed by atoms with E-state index in [2.05, 4.69) is 154 Å². The van der Waals surface area contributed by atoms with Gasteiger partial charge in [0.25, 0.3) is 0 Å². The molecule has 3 aliphatic heterocycles. The molecule has 5 aromatic rings. The lowest BCUT2D eigenvalue weighted by Crippen LogP contribution is -2.43. The van der Waals surface area contributed by atoms with Crippen LogP contribution in [-0.2, 0) is 12.0 Å². The number of anilines is 1. The number of nitrogens with zero attached hydrogens (tertiary/aromatic N) is 2. The van der Waals surface area contributed by atoms with Crippen molar-refractivity contribution in [1.82, 2.24) is 15.6 Å². The second-order valence-electron chi connectivity index (χ2n) is 14.0. The molecule has 1 spiro atoms. The zero-order valence-corrected chi connectivity index (χ0v) is 27.4. The molecule has 4 atom stereocenters. The van der Waals surface area contributed by atoms with Crippen LogP contribution in [0.4, 0.5) is 5.69 Å². The van der Waals surface area contributed by atoms with Crippen LogP contribution in [0.15, 0.2) is 162 Å². The first-order chi connectivity index (χ1) is 24.2. The average Bonchev–Trinajstić information content (AvgIpc) is 3.76. The van der Waals surface area contributed by atoms with Gasteiger partial charge in [0.15, 0.2) is 0 Å². The molecule has 0 saturated carbocycles. The first-order valence-electron chi connectivity index (χ1n) is 17.5. The summed E-state index contributed by atoms with van der Waals surface area (Å²) in [5, 5.41) is 5.76. The van der Waals surface area contributed by atoms with E-state index in [0.29, 0.717) is 12.6 Å². The highest BCUT2D eigenvalue weighted by atomic mass is 15.5. The normalized spacial score (nSPS) is 23.0. The monoisotopic (exact) mass is 637 g/mol. The molecule has 1 fully saturated rings. The van der Waals surface area contributed by atoms with Gasteiger partial charge in [-0.15, -0.1) is 0 Å². The Morgan fingerprint density at radius 3 is 2.45 bits per heavy atom. The second-order valence-corrected chi connectivity index (χ2v) is 14.0. The van der Waals surface area contributed by atoms with Crippen LogP contribution in [0.1, 0.15) is 34.8 Å². The maximum Gasteiger partial charge on any atom is 0.0985 e. The second kappa shape index (κ2) is 11.2. The lowest BCUT2D eigenvalue weighted by Gasteiger charge is -2.43. The van der Waals surface area contributed by atoms with E-state index >= 15 is 0 Å². The number of hydrogen-bond acceptors (Lipinski definition) is 5. The minimum atomic E-state index is -0.396. The van der Waals surface area contributed by atoms with E-state index in [1.165, 1.54) is 56.6 Å². The molecule has 3 heterocycles. The number of fused-ring (bicyclic) bond motifs is 9. The summed E-state index contributed by atoms with van der Waals surface area (Å²) in [7, 11) is 0. The zero-order chi connectivity index (χ0) is 32.5. The van der Waals surface area contributed by atoms with Crippen LogP contribution in [0.5, 0.6) is 0 Å². The Morgan fingerprint density at radius 2 is 1.57 bits per heavy atom. The zero-order valence-electron chi connectivity index (χ0n) is 27.4. The van der Waals surface area contributed by atoms with Gasteiger partial charge >= 0.3 is 0 Å². The lowest BCUT2D eigenvalue weighted by atomic mass is 9.60. The Kier molecular flexibility index (Phi) is 6.56. The topological polar surface area (TPSA) is 56.3 Å². The van der Waals surface area contributed by atoms with Crippen LogP contribution in [0.3, 0.4) is 0 Å². The summed E-state index contributed by atoms with van der Waals surface area (Å²) in [6, 6.07) is 46.6. The molecule has 0 aromatic heterocycles. The third kappa shape index (κ3) is 4.50. The highest BCUT2D eigenvalue weighted by molar-refractivity contribution is 5.89. The van der Waals surface area contributed by atoms with E-state index in [1.807, 2.05) is 6.07 Å². The summed E-state index contributed by atoms with van der Waals surface area (Å²) in [6.07, 6.45) is 5.18. The van der Waals surface area contributed by atoms with Crippen LogP contribution < -0.4 is 21.5 Å². The highest BCUT2D eigenvalue weighted by Gasteiger charge is 2.58. The molecular weight excluding hydrogens is 599 g/mol. The smallest absolute Gasteiger partial charge is 0.0985 e. The lowest BCUT2D eigenvalue weighted by molar-refractivity contribution is 0.514. The molecule has 1 saturated heterocycles. The quantitative estimate of drug-likeness (QED) is 0.0743.